The van der Waals surface area contributed by atoms with E-state index in [0.29, 0.717) is 16.9 Å². The van der Waals surface area contributed by atoms with Crippen LogP contribution in [0.3, 0.4) is 0 Å². The van der Waals surface area contributed by atoms with E-state index in [1.165, 1.54) is 12.8 Å². The highest BCUT2D eigenvalue weighted by Crippen LogP contribution is 2.48. The average molecular weight is 197 g/mol. The van der Waals surface area contributed by atoms with E-state index < -0.39 is 0 Å². The van der Waals surface area contributed by atoms with Crippen molar-refractivity contribution in [1.82, 2.24) is 5.32 Å². The fourth-order valence-electron chi connectivity index (χ4n) is 1.50. The van der Waals surface area contributed by atoms with Crippen LogP contribution >= 0.6 is 0 Å². The van der Waals surface area contributed by atoms with Crippen molar-refractivity contribution in [3.05, 3.63) is 0 Å². The first-order valence-corrected chi connectivity index (χ1v) is 6.01. The van der Waals surface area contributed by atoms with E-state index in [1.54, 1.807) is 0 Å². The Labute approximate surface area is 89.7 Å². The fraction of sp³-hybridized carbons (Fsp3) is 1.00. The van der Waals surface area contributed by atoms with Gasteiger partial charge in [0.15, 0.2) is 0 Å². The van der Waals surface area contributed by atoms with E-state index in [4.69, 9.17) is 0 Å². The zero-order valence-corrected chi connectivity index (χ0v) is 10.8. The summed E-state index contributed by atoms with van der Waals surface area (Å²) in [6.07, 6.45) is 2.81. The van der Waals surface area contributed by atoms with Crippen LogP contribution in [0.2, 0.25) is 0 Å². The molecule has 1 heteroatoms. The molecule has 1 aliphatic carbocycles. The van der Waals surface area contributed by atoms with Crippen LogP contribution in [0.5, 0.6) is 0 Å². The minimum absolute atomic E-state index is 0.416. The minimum Gasteiger partial charge on any atom is -0.313 e. The molecule has 0 aromatic rings. The third-order valence-corrected chi connectivity index (χ3v) is 4.51. The summed E-state index contributed by atoms with van der Waals surface area (Å²) in [5.74, 6) is 0.745. The van der Waals surface area contributed by atoms with Gasteiger partial charge in [-0.15, -0.1) is 0 Å². The van der Waals surface area contributed by atoms with E-state index in [9.17, 15) is 0 Å². The molecular weight excluding hydrogens is 170 g/mol. The monoisotopic (exact) mass is 197 g/mol. The molecule has 0 radical (unpaired) electrons. The van der Waals surface area contributed by atoms with Crippen LogP contribution in [0.15, 0.2) is 0 Å². The maximum absolute atomic E-state index is 3.71. The zero-order chi connectivity index (χ0) is 11.0. The van der Waals surface area contributed by atoms with E-state index in [1.807, 2.05) is 0 Å². The number of nitrogens with one attached hydrogen (secondary N) is 1. The van der Waals surface area contributed by atoms with Gasteiger partial charge in [-0.25, -0.2) is 0 Å². The molecule has 1 fully saturated rings. The molecule has 1 aliphatic rings. The third-order valence-electron chi connectivity index (χ3n) is 4.51. The van der Waals surface area contributed by atoms with Gasteiger partial charge in [-0.3, -0.25) is 0 Å². The molecule has 1 atom stereocenters. The Kier molecular flexibility index (Phi) is 3.30. The lowest BCUT2D eigenvalue weighted by molar-refractivity contribution is 0.216. The van der Waals surface area contributed by atoms with Crippen LogP contribution in [0.1, 0.15) is 54.4 Å². The molecule has 0 heterocycles. The lowest BCUT2D eigenvalue weighted by atomic mass is 9.81. The molecule has 1 N–H and O–H groups in total. The van der Waals surface area contributed by atoms with Crippen LogP contribution in [0, 0.1) is 16.7 Å². The standard InChI is InChI=1S/C13H27N/c1-10(2)12(4,5)9-14-11(3)13(6)7-8-13/h10-11,14H,7-9H2,1-6H3. The van der Waals surface area contributed by atoms with Gasteiger partial charge < -0.3 is 5.32 Å². The Bertz CT molecular complexity index is 189. The highest BCUT2D eigenvalue weighted by Gasteiger charge is 2.42. The second-order valence-electron chi connectivity index (χ2n) is 6.40. The Balaban J connectivity index is 2.32. The molecule has 0 aromatic heterocycles. The van der Waals surface area contributed by atoms with E-state index in [-0.39, 0.29) is 0 Å². The quantitative estimate of drug-likeness (QED) is 0.712. The molecule has 0 saturated heterocycles. The molecule has 14 heavy (non-hydrogen) atoms. The van der Waals surface area contributed by atoms with Gasteiger partial charge in [-0.2, -0.15) is 0 Å². The Morgan fingerprint density at radius 2 is 1.71 bits per heavy atom. The van der Waals surface area contributed by atoms with Crippen LogP contribution in [0.4, 0.5) is 0 Å². The lowest BCUT2D eigenvalue weighted by Crippen LogP contribution is -2.41. The van der Waals surface area contributed by atoms with Crippen molar-refractivity contribution in [2.75, 3.05) is 6.54 Å². The van der Waals surface area contributed by atoms with Gasteiger partial charge in [0.05, 0.1) is 0 Å². The summed E-state index contributed by atoms with van der Waals surface area (Å²) in [5.41, 5.74) is 1.02. The molecule has 84 valence electrons. The van der Waals surface area contributed by atoms with Crippen molar-refractivity contribution in [2.24, 2.45) is 16.7 Å². The first-order valence-electron chi connectivity index (χ1n) is 6.01. The summed E-state index contributed by atoms with van der Waals surface area (Å²) >= 11 is 0. The molecule has 1 unspecified atom stereocenters. The second-order valence-corrected chi connectivity index (χ2v) is 6.40. The van der Waals surface area contributed by atoms with Crippen molar-refractivity contribution >= 4 is 0 Å². The summed E-state index contributed by atoms with van der Waals surface area (Å²) in [6, 6.07) is 0.681. The topological polar surface area (TPSA) is 12.0 Å². The minimum atomic E-state index is 0.416. The average Bonchev–Trinajstić information content (AvgIpc) is 2.80. The van der Waals surface area contributed by atoms with Crippen molar-refractivity contribution < 1.29 is 0 Å². The maximum atomic E-state index is 3.71. The SMILES string of the molecule is CC(C)C(C)(C)CNC(C)C1(C)CC1. The van der Waals surface area contributed by atoms with E-state index in [0.717, 1.165) is 12.5 Å². The lowest BCUT2D eigenvalue weighted by Gasteiger charge is -2.32. The number of rotatable bonds is 5. The van der Waals surface area contributed by atoms with Gasteiger partial charge in [0.1, 0.15) is 0 Å². The highest BCUT2D eigenvalue weighted by atomic mass is 14.9. The molecule has 0 amide bonds. The summed E-state index contributed by atoms with van der Waals surface area (Å²) in [5, 5.41) is 3.71. The van der Waals surface area contributed by atoms with Crippen molar-refractivity contribution in [3.63, 3.8) is 0 Å². The summed E-state index contributed by atoms with van der Waals surface area (Å²) in [6.45, 7) is 15.2. The summed E-state index contributed by atoms with van der Waals surface area (Å²) in [4.78, 5) is 0. The molecule has 1 nitrogen and oxygen atoms in total. The van der Waals surface area contributed by atoms with Crippen molar-refractivity contribution in [1.29, 1.82) is 0 Å². The first kappa shape index (κ1) is 12.0. The Morgan fingerprint density at radius 1 is 1.21 bits per heavy atom. The highest BCUT2D eigenvalue weighted by molar-refractivity contribution is 4.97. The third kappa shape index (κ3) is 2.73. The van der Waals surface area contributed by atoms with Crippen LogP contribution in [0.25, 0.3) is 0 Å². The van der Waals surface area contributed by atoms with Crippen molar-refractivity contribution in [2.45, 2.75) is 60.4 Å². The van der Waals surface area contributed by atoms with Gasteiger partial charge in [-0.1, -0.05) is 34.6 Å². The van der Waals surface area contributed by atoms with Crippen molar-refractivity contribution in [3.8, 4) is 0 Å². The molecule has 0 aromatic carbocycles. The predicted octanol–water partition coefficient (Wildman–Crippen LogP) is 3.45. The van der Waals surface area contributed by atoms with Gasteiger partial charge in [0.2, 0.25) is 0 Å². The van der Waals surface area contributed by atoms with Crippen LogP contribution < -0.4 is 5.32 Å². The molecule has 0 aliphatic heterocycles. The van der Waals surface area contributed by atoms with Crippen LogP contribution in [-0.2, 0) is 0 Å². The molecule has 1 saturated carbocycles. The Morgan fingerprint density at radius 3 is 2.07 bits per heavy atom. The van der Waals surface area contributed by atoms with Gasteiger partial charge in [0, 0.05) is 12.6 Å². The number of hydrogen-bond donors (Lipinski definition) is 1. The van der Waals surface area contributed by atoms with E-state index in [2.05, 4.69) is 46.9 Å². The smallest absolute Gasteiger partial charge is 0.00927 e. The fourth-order valence-corrected chi connectivity index (χ4v) is 1.50. The molecule has 0 bridgehead atoms. The van der Waals surface area contributed by atoms with Gasteiger partial charge in [-0.05, 0) is 36.5 Å². The van der Waals surface area contributed by atoms with E-state index >= 15 is 0 Å². The van der Waals surface area contributed by atoms with Gasteiger partial charge in [0.25, 0.3) is 0 Å². The predicted molar refractivity (Wildman–Crippen MR) is 63.4 cm³/mol. The molecular formula is C13H27N. The Hall–Kier alpha value is -0.0400. The molecule has 1 rings (SSSR count). The second kappa shape index (κ2) is 3.84. The number of hydrogen-bond acceptors (Lipinski definition) is 1. The molecule has 0 spiro atoms. The van der Waals surface area contributed by atoms with Crippen LogP contribution in [-0.4, -0.2) is 12.6 Å². The summed E-state index contributed by atoms with van der Waals surface area (Å²) < 4.78 is 0. The maximum Gasteiger partial charge on any atom is 0.00927 e. The van der Waals surface area contributed by atoms with Gasteiger partial charge >= 0.3 is 0 Å². The normalized spacial score (nSPS) is 22.5. The largest absolute Gasteiger partial charge is 0.313 e. The zero-order valence-electron chi connectivity index (χ0n) is 10.8. The first-order chi connectivity index (χ1) is 6.28. The summed E-state index contributed by atoms with van der Waals surface area (Å²) in [7, 11) is 0.